The minimum atomic E-state index is 0.000550. The van der Waals surface area contributed by atoms with E-state index in [1.54, 1.807) is 4.90 Å². The van der Waals surface area contributed by atoms with E-state index in [1.165, 1.54) is 0 Å². The molecule has 1 aromatic rings. The molecule has 1 aromatic carbocycles. The van der Waals surface area contributed by atoms with Crippen LogP contribution in [0.2, 0.25) is 0 Å². The molecule has 5 nitrogen and oxygen atoms in total. The second kappa shape index (κ2) is 9.20. The third-order valence-corrected chi connectivity index (χ3v) is 3.57. The number of hydrogen-bond acceptors (Lipinski definition) is 3. The Labute approximate surface area is 132 Å². The van der Waals surface area contributed by atoms with E-state index in [0.29, 0.717) is 38.0 Å². The summed E-state index contributed by atoms with van der Waals surface area (Å²) in [5, 5.41) is 2.86. The van der Waals surface area contributed by atoms with Gasteiger partial charge in [-0.2, -0.15) is 0 Å². The topological polar surface area (TPSA) is 75.4 Å². The van der Waals surface area contributed by atoms with Crippen LogP contribution in [-0.4, -0.2) is 35.8 Å². The molecule has 0 aromatic heterocycles. The Kier molecular flexibility index (Phi) is 7.60. The van der Waals surface area contributed by atoms with Gasteiger partial charge in [0, 0.05) is 37.7 Å². The van der Waals surface area contributed by atoms with Crippen LogP contribution >= 0.6 is 0 Å². The van der Waals surface area contributed by atoms with Crippen LogP contribution in [0, 0.1) is 0 Å². The first-order chi connectivity index (χ1) is 10.5. The SMILES string of the molecule is CCN(CC)C(=O)c1ccc(CNC(=O)CCC(C)N)cc1. The van der Waals surface area contributed by atoms with Gasteiger partial charge in [0.2, 0.25) is 5.91 Å². The summed E-state index contributed by atoms with van der Waals surface area (Å²) in [6, 6.07) is 7.41. The van der Waals surface area contributed by atoms with Gasteiger partial charge in [0.15, 0.2) is 0 Å². The van der Waals surface area contributed by atoms with Crippen LogP contribution < -0.4 is 11.1 Å². The summed E-state index contributed by atoms with van der Waals surface area (Å²) in [5.41, 5.74) is 7.28. The number of nitrogens with two attached hydrogens (primary N) is 1. The summed E-state index contributed by atoms with van der Waals surface area (Å²) >= 11 is 0. The molecule has 0 saturated carbocycles. The molecular formula is C17H27N3O2. The number of carbonyl (C=O) groups is 2. The van der Waals surface area contributed by atoms with Crippen LogP contribution in [0.3, 0.4) is 0 Å². The predicted octanol–water partition coefficient (Wildman–Crippen LogP) is 1.91. The lowest BCUT2D eigenvalue weighted by molar-refractivity contribution is -0.121. The zero-order valence-electron chi connectivity index (χ0n) is 13.8. The molecule has 0 spiro atoms. The lowest BCUT2D eigenvalue weighted by atomic mass is 10.1. The Morgan fingerprint density at radius 3 is 2.27 bits per heavy atom. The number of amides is 2. The molecule has 3 N–H and O–H groups in total. The number of nitrogens with one attached hydrogen (secondary N) is 1. The van der Waals surface area contributed by atoms with Crippen molar-refractivity contribution >= 4 is 11.8 Å². The van der Waals surface area contributed by atoms with Gasteiger partial charge >= 0.3 is 0 Å². The maximum Gasteiger partial charge on any atom is 0.253 e. The van der Waals surface area contributed by atoms with E-state index in [1.807, 2.05) is 45.0 Å². The van der Waals surface area contributed by atoms with Crippen molar-refractivity contribution in [2.45, 2.75) is 46.2 Å². The standard InChI is InChI=1S/C17H27N3O2/c1-4-20(5-2)17(22)15-9-7-14(8-10-15)12-19-16(21)11-6-13(3)18/h7-10,13H,4-6,11-12,18H2,1-3H3,(H,19,21). The minimum absolute atomic E-state index is 0.000550. The zero-order chi connectivity index (χ0) is 16.5. The van der Waals surface area contributed by atoms with Crippen molar-refractivity contribution in [1.29, 1.82) is 0 Å². The summed E-state index contributed by atoms with van der Waals surface area (Å²) in [4.78, 5) is 25.6. The lowest BCUT2D eigenvalue weighted by Gasteiger charge is -2.18. The highest BCUT2D eigenvalue weighted by atomic mass is 16.2. The fourth-order valence-corrected chi connectivity index (χ4v) is 2.11. The van der Waals surface area contributed by atoms with Gasteiger partial charge in [0.1, 0.15) is 0 Å². The van der Waals surface area contributed by atoms with Crippen molar-refractivity contribution in [3.05, 3.63) is 35.4 Å². The van der Waals surface area contributed by atoms with Crippen LogP contribution in [0.25, 0.3) is 0 Å². The first-order valence-corrected chi connectivity index (χ1v) is 7.88. The van der Waals surface area contributed by atoms with Crippen molar-refractivity contribution in [1.82, 2.24) is 10.2 Å². The highest BCUT2D eigenvalue weighted by Crippen LogP contribution is 2.08. The molecule has 2 amide bonds. The number of carbonyl (C=O) groups excluding carboxylic acids is 2. The molecule has 0 heterocycles. The van der Waals surface area contributed by atoms with Crippen LogP contribution in [0.4, 0.5) is 0 Å². The second-order valence-electron chi connectivity index (χ2n) is 5.47. The summed E-state index contributed by atoms with van der Waals surface area (Å²) in [7, 11) is 0. The number of nitrogens with zero attached hydrogens (tertiary/aromatic N) is 1. The summed E-state index contributed by atoms with van der Waals surface area (Å²) in [5.74, 6) is 0.0399. The van der Waals surface area contributed by atoms with Crippen molar-refractivity contribution in [3.8, 4) is 0 Å². The van der Waals surface area contributed by atoms with E-state index in [-0.39, 0.29) is 17.9 Å². The molecule has 0 aliphatic carbocycles. The van der Waals surface area contributed by atoms with Crippen LogP contribution in [0.5, 0.6) is 0 Å². The maximum absolute atomic E-state index is 12.2. The van der Waals surface area contributed by atoms with Crippen LogP contribution in [0.15, 0.2) is 24.3 Å². The van der Waals surface area contributed by atoms with Gasteiger partial charge < -0.3 is 16.0 Å². The molecule has 1 rings (SSSR count). The fourth-order valence-electron chi connectivity index (χ4n) is 2.11. The van der Waals surface area contributed by atoms with E-state index in [0.717, 1.165) is 5.56 Å². The van der Waals surface area contributed by atoms with E-state index in [2.05, 4.69) is 5.32 Å². The van der Waals surface area contributed by atoms with Crippen molar-refractivity contribution < 1.29 is 9.59 Å². The van der Waals surface area contributed by atoms with E-state index >= 15 is 0 Å². The normalized spacial score (nSPS) is 11.8. The summed E-state index contributed by atoms with van der Waals surface area (Å²) in [6.07, 6.45) is 1.12. The molecule has 1 atom stereocenters. The Bertz CT molecular complexity index is 479. The molecule has 5 heteroatoms. The predicted molar refractivity (Wildman–Crippen MR) is 88.4 cm³/mol. The van der Waals surface area contributed by atoms with E-state index in [9.17, 15) is 9.59 Å². The Balaban J connectivity index is 2.51. The molecule has 1 unspecified atom stereocenters. The average molecular weight is 305 g/mol. The van der Waals surface area contributed by atoms with Crippen LogP contribution in [0.1, 0.15) is 49.5 Å². The molecule has 0 fully saturated rings. The molecule has 0 bridgehead atoms. The average Bonchev–Trinajstić information content (AvgIpc) is 2.52. The van der Waals surface area contributed by atoms with Gasteiger partial charge in [-0.15, -0.1) is 0 Å². The number of rotatable bonds is 8. The maximum atomic E-state index is 12.2. The van der Waals surface area contributed by atoms with Crippen molar-refractivity contribution in [3.63, 3.8) is 0 Å². The summed E-state index contributed by atoms with van der Waals surface area (Å²) < 4.78 is 0. The molecular weight excluding hydrogens is 278 g/mol. The lowest BCUT2D eigenvalue weighted by Crippen LogP contribution is -2.30. The first-order valence-electron chi connectivity index (χ1n) is 7.88. The van der Waals surface area contributed by atoms with Gasteiger partial charge in [-0.1, -0.05) is 12.1 Å². The molecule has 0 saturated heterocycles. The first kappa shape index (κ1) is 18.2. The third-order valence-electron chi connectivity index (χ3n) is 3.57. The fraction of sp³-hybridized carbons (Fsp3) is 0.529. The van der Waals surface area contributed by atoms with Crippen molar-refractivity contribution in [2.75, 3.05) is 13.1 Å². The molecule has 0 radical (unpaired) electrons. The smallest absolute Gasteiger partial charge is 0.253 e. The number of benzene rings is 1. The highest BCUT2D eigenvalue weighted by Gasteiger charge is 2.12. The molecule has 122 valence electrons. The van der Waals surface area contributed by atoms with Gasteiger partial charge in [-0.25, -0.2) is 0 Å². The van der Waals surface area contributed by atoms with Gasteiger partial charge in [-0.3, -0.25) is 9.59 Å². The molecule has 22 heavy (non-hydrogen) atoms. The van der Waals surface area contributed by atoms with E-state index < -0.39 is 0 Å². The number of hydrogen-bond donors (Lipinski definition) is 2. The minimum Gasteiger partial charge on any atom is -0.352 e. The zero-order valence-corrected chi connectivity index (χ0v) is 13.8. The Morgan fingerprint density at radius 1 is 1.18 bits per heavy atom. The van der Waals surface area contributed by atoms with Crippen molar-refractivity contribution in [2.24, 2.45) is 5.73 Å². The summed E-state index contributed by atoms with van der Waals surface area (Å²) in [6.45, 7) is 7.69. The Morgan fingerprint density at radius 2 is 1.77 bits per heavy atom. The molecule has 0 aliphatic rings. The highest BCUT2D eigenvalue weighted by molar-refractivity contribution is 5.94. The second-order valence-corrected chi connectivity index (χ2v) is 5.47. The third kappa shape index (κ3) is 5.85. The van der Waals surface area contributed by atoms with Gasteiger partial charge in [0.05, 0.1) is 0 Å². The van der Waals surface area contributed by atoms with Crippen LogP contribution in [-0.2, 0) is 11.3 Å². The van der Waals surface area contributed by atoms with Gasteiger partial charge in [-0.05, 0) is 44.9 Å². The van der Waals surface area contributed by atoms with E-state index in [4.69, 9.17) is 5.73 Å². The molecule has 0 aliphatic heterocycles. The largest absolute Gasteiger partial charge is 0.352 e. The monoisotopic (exact) mass is 305 g/mol. The van der Waals surface area contributed by atoms with Gasteiger partial charge in [0.25, 0.3) is 5.91 Å². The Hall–Kier alpha value is -1.88. The quantitative estimate of drug-likeness (QED) is 0.770.